The number of amides is 2. The molecule has 0 unspecified atom stereocenters. The molecule has 4 aromatic rings. The summed E-state index contributed by atoms with van der Waals surface area (Å²) in [6.07, 6.45) is -9.19. The Morgan fingerprint density at radius 3 is 2.12 bits per heavy atom. The van der Waals surface area contributed by atoms with Gasteiger partial charge in [0.15, 0.2) is 5.82 Å². The third-order valence-electron chi connectivity index (χ3n) is 8.52. The maximum atomic E-state index is 13.7. The Bertz CT molecular complexity index is 2080. The molecule has 0 spiro atoms. The number of ether oxygens (including phenoxy) is 1. The number of Topliss-reactive ketones (excluding diaryl/α,β-unsaturated/α-hetero) is 1. The number of carbonyl (C=O) groups is 3. The first-order valence-corrected chi connectivity index (χ1v) is 18.6. The van der Waals surface area contributed by atoms with Crippen LogP contribution in [0.15, 0.2) is 72.3 Å². The number of halogens is 7. The van der Waals surface area contributed by atoms with Crippen LogP contribution < -0.4 is 10.2 Å². The molecule has 2 heterocycles. The van der Waals surface area contributed by atoms with Crippen LogP contribution in [0.25, 0.3) is 11.3 Å². The van der Waals surface area contributed by atoms with Gasteiger partial charge in [0.1, 0.15) is 18.2 Å². The van der Waals surface area contributed by atoms with Crippen molar-refractivity contribution in [1.29, 1.82) is 0 Å². The molecule has 3 aromatic carbocycles. The lowest BCUT2D eigenvalue weighted by Gasteiger charge is -2.21. The van der Waals surface area contributed by atoms with E-state index in [0.29, 0.717) is 34.3 Å². The number of ketones is 1. The number of alkyl halides is 6. The fraction of sp³-hybridized carbons (Fsp3) is 0.366. The fourth-order valence-corrected chi connectivity index (χ4v) is 6.07. The summed E-state index contributed by atoms with van der Waals surface area (Å²) in [6.45, 7) is 15.8. The van der Waals surface area contributed by atoms with E-state index in [0.717, 1.165) is 28.5 Å². The highest BCUT2D eigenvalue weighted by Gasteiger charge is 2.34. The third-order valence-corrected chi connectivity index (χ3v) is 9.43. The Morgan fingerprint density at radius 2 is 1.61 bits per heavy atom. The van der Waals surface area contributed by atoms with Crippen LogP contribution in [0, 0.1) is 25.6 Å². The smallest absolute Gasteiger partial charge is 0.367 e. The van der Waals surface area contributed by atoms with Crippen molar-refractivity contribution < 1.29 is 49.9 Å². The number of carbonyl (C=O) groups excluding carboxylic acids is 3. The molecule has 0 aliphatic carbocycles. The molecule has 1 N–H and O–H groups in total. The molecule has 1 aliphatic rings. The number of hydrogen-bond donors (Lipinski definition) is 1. The van der Waals surface area contributed by atoms with Crippen LogP contribution in [0.1, 0.15) is 78.7 Å². The lowest BCUT2D eigenvalue weighted by Crippen LogP contribution is -2.25. The molecule has 5 rings (SSSR count). The Kier molecular flexibility index (Phi) is 15.8. The van der Waals surface area contributed by atoms with Crippen molar-refractivity contribution in [3.05, 3.63) is 111 Å². The first-order chi connectivity index (χ1) is 26.4. The van der Waals surface area contributed by atoms with Crippen LogP contribution >= 0.6 is 11.8 Å². The molecule has 1 aliphatic heterocycles. The van der Waals surface area contributed by atoms with Gasteiger partial charge in [0.05, 0.1) is 34.3 Å². The summed E-state index contributed by atoms with van der Waals surface area (Å²) in [5.74, 6) is -1.02. The number of thioether (sulfide) groups is 1. The molecule has 57 heavy (non-hydrogen) atoms. The number of rotatable bonds is 9. The Hall–Kier alpha value is -4.96. The zero-order valence-electron chi connectivity index (χ0n) is 32.8. The van der Waals surface area contributed by atoms with Gasteiger partial charge >= 0.3 is 12.4 Å². The maximum absolute atomic E-state index is 13.7. The summed E-state index contributed by atoms with van der Waals surface area (Å²) in [5.41, 5.74) is 4.36. The lowest BCUT2D eigenvalue weighted by molar-refractivity contribution is -0.176. The highest BCUT2D eigenvalue weighted by molar-refractivity contribution is 8.04. The SMILES string of the molecule is C=C1SCC(=O)N1c1cc(C)ccc1COCC(F)(F)F.CC(=O)C(C)C.Cc1cc(-c2cc(NC(=O)c3ccc(C(F)(F)F)c(F)c3)nn2C)ccc1C(C)C. The fourth-order valence-electron chi connectivity index (χ4n) is 5.32. The summed E-state index contributed by atoms with van der Waals surface area (Å²) < 4.78 is 94.5. The minimum Gasteiger partial charge on any atom is -0.367 e. The van der Waals surface area contributed by atoms with Gasteiger partial charge in [-0.05, 0) is 73.7 Å². The quantitative estimate of drug-likeness (QED) is 0.169. The van der Waals surface area contributed by atoms with Gasteiger partial charge in [0, 0.05) is 35.7 Å². The van der Waals surface area contributed by atoms with Crippen molar-refractivity contribution in [2.24, 2.45) is 13.0 Å². The number of anilines is 2. The van der Waals surface area contributed by atoms with E-state index in [1.165, 1.54) is 22.2 Å². The van der Waals surface area contributed by atoms with Crippen LogP contribution in [0.5, 0.6) is 0 Å². The zero-order valence-corrected chi connectivity index (χ0v) is 33.6. The van der Waals surface area contributed by atoms with E-state index in [-0.39, 0.29) is 41.3 Å². The molecule has 0 radical (unpaired) electrons. The van der Waals surface area contributed by atoms with Gasteiger partial charge < -0.3 is 10.1 Å². The largest absolute Gasteiger partial charge is 0.419 e. The van der Waals surface area contributed by atoms with Crippen molar-refractivity contribution in [2.45, 2.75) is 73.3 Å². The molecule has 1 fully saturated rings. The molecule has 0 bridgehead atoms. The zero-order chi connectivity index (χ0) is 43.0. The second kappa shape index (κ2) is 19.5. The average molecular weight is 823 g/mol. The molecule has 8 nitrogen and oxygen atoms in total. The minimum absolute atomic E-state index is 0.132. The molecular formula is C41H45F7N4O4S. The van der Waals surface area contributed by atoms with Crippen molar-refractivity contribution in [3.63, 3.8) is 0 Å². The summed E-state index contributed by atoms with van der Waals surface area (Å²) in [5, 5.41) is 7.30. The standard InChI is InChI=1S/C22H21F4N3O.C14H14F3NO2S.C5H10O/c1-12(2)16-7-5-14(9-13(16)3)19-11-20(28-29(19)4)27-21(30)15-6-8-17(18(23)10-15)22(24,25)26;1-9-3-4-11(6-20-8-14(15,16)17)12(5-9)18-10(2)21-7-13(18)19;1-4(2)5(3)6/h5-12H,1-4H3,(H,27,28,30);3-5H,2,6-8H2,1H3;4H,1-3H3. The maximum Gasteiger partial charge on any atom is 0.419 e. The van der Waals surface area contributed by atoms with Gasteiger partial charge in [-0.2, -0.15) is 31.4 Å². The van der Waals surface area contributed by atoms with Crippen molar-refractivity contribution in [1.82, 2.24) is 9.78 Å². The van der Waals surface area contributed by atoms with Crippen molar-refractivity contribution in [2.75, 3.05) is 22.6 Å². The highest BCUT2D eigenvalue weighted by atomic mass is 32.2. The van der Waals surface area contributed by atoms with Gasteiger partial charge in [-0.1, -0.05) is 70.3 Å². The van der Waals surface area contributed by atoms with Crippen LogP contribution in [-0.4, -0.2) is 45.9 Å². The normalized spacial score (nSPS) is 13.0. The van der Waals surface area contributed by atoms with Gasteiger partial charge in [0.25, 0.3) is 5.91 Å². The first kappa shape index (κ1) is 46.4. The molecule has 0 saturated carbocycles. The van der Waals surface area contributed by atoms with Gasteiger partial charge in [0.2, 0.25) is 5.91 Å². The Morgan fingerprint density at radius 1 is 0.965 bits per heavy atom. The van der Waals surface area contributed by atoms with E-state index < -0.39 is 36.2 Å². The van der Waals surface area contributed by atoms with E-state index in [2.05, 4.69) is 30.8 Å². The van der Waals surface area contributed by atoms with Crippen molar-refractivity contribution in [3.8, 4) is 11.3 Å². The average Bonchev–Trinajstić information content (AvgIpc) is 3.63. The predicted octanol–water partition coefficient (Wildman–Crippen LogP) is 10.8. The molecule has 1 aromatic heterocycles. The van der Waals surface area contributed by atoms with Crippen LogP contribution in [0.3, 0.4) is 0 Å². The minimum atomic E-state index is -4.82. The number of aromatic nitrogens is 2. The lowest BCUT2D eigenvalue weighted by atomic mass is 9.95. The predicted molar refractivity (Wildman–Crippen MR) is 208 cm³/mol. The van der Waals surface area contributed by atoms with Gasteiger partial charge in [-0.25, -0.2) is 4.39 Å². The summed E-state index contributed by atoms with van der Waals surface area (Å²) in [6, 6.07) is 14.9. The topological polar surface area (TPSA) is 93.5 Å². The third kappa shape index (κ3) is 13.3. The number of hydrogen-bond acceptors (Lipinski definition) is 6. The number of nitrogens with zero attached hydrogens (tertiary/aromatic N) is 3. The Labute approximate surface area is 331 Å². The first-order valence-electron chi connectivity index (χ1n) is 17.6. The van der Waals surface area contributed by atoms with Crippen molar-refractivity contribution >= 4 is 40.9 Å². The summed E-state index contributed by atoms with van der Waals surface area (Å²) in [4.78, 5) is 35.8. The van der Waals surface area contributed by atoms with Gasteiger partial charge in [-0.15, -0.1) is 0 Å². The number of aryl methyl sites for hydroxylation is 3. The molecule has 308 valence electrons. The van der Waals surface area contributed by atoms with E-state index in [1.807, 2.05) is 45.9 Å². The molecule has 0 atom stereocenters. The van der Waals surface area contributed by atoms with E-state index in [9.17, 15) is 45.1 Å². The van der Waals surface area contributed by atoms with Crippen LogP contribution in [-0.2, 0) is 34.2 Å². The summed E-state index contributed by atoms with van der Waals surface area (Å²) >= 11 is 1.31. The molecule has 2 amide bonds. The number of benzene rings is 3. The van der Waals surface area contributed by atoms with Gasteiger partial charge in [-0.3, -0.25) is 24.0 Å². The summed E-state index contributed by atoms with van der Waals surface area (Å²) in [7, 11) is 1.72. The molecule has 1 saturated heterocycles. The van der Waals surface area contributed by atoms with E-state index in [1.54, 1.807) is 42.9 Å². The highest BCUT2D eigenvalue weighted by Crippen LogP contribution is 2.36. The molecular weight excluding hydrogens is 778 g/mol. The van der Waals surface area contributed by atoms with Crippen LogP contribution in [0.4, 0.5) is 42.2 Å². The number of nitrogens with one attached hydrogen (secondary N) is 1. The molecule has 16 heteroatoms. The second-order valence-corrected chi connectivity index (χ2v) is 14.9. The van der Waals surface area contributed by atoms with Crippen LogP contribution in [0.2, 0.25) is 0 Å². The van der Waals surface area contributed by atoms with E-state index in [4.69, 9.17) is 4.74 Å². The monoisotopic (exact) mass is 822 g/mol. The second-order valence-electron chi connectivity index (χ2n) is 13.8. The van der Waals surface area contributed by atoms with E-state index >= 15 is 0 Å². The Balaban J connectivity index is 0.000000279.